The van der Waals surface area contributed by atoms with Crippen LogP contribution < -0.4 is 0 Å². The maximum atomic E-state index is 12.7. The molecule has 0 saturated carbocycles. The quantitative estimate of drug-likeness (QED) is 0.626. The van der Waals surface area contributed by atoms with Gasteiger partial charge < -0.3 is 9.67 Å². The van der Waals surface area contributed by atoms with Gasteiger partial charge in [-0.25, -0.2) is 4.79 Å². The van der Waals surface area contributed by atoms with E-state index in [1.165, 1.54) is 30.3 Å². The topological polar surface area (TPSA) is 66.0 Å². The summed E-state index contributed by atoms with van der Waals surface area (Å²) >= 11 is 0. The molecule has 1 heterocycles. The fourth-order valence-electron chi connectivity index (χ4n) is 2.70. The second-order valence-electron chi connectivity index (χ2n) is 5.90. The Labute approximate surface area is 158 Å². The van der Waals surface area contributed by atoms with Crippen molar-refractivity contribution in [2.45, 2.75) is 6.18 Å². The summed E-state index contributed by atoms with van der Waals surface area (Å²) in [6, 6.07) is 16.1. The van der Waals surface area contributed by atoms with Crippen LogP contribution in [0.2, 0.25) is 0 Å². The molecule has 28 heavy (non-hydrogen) atoms. The molecule has 0 radical (unpaired) electrons. The van der Waals surface area contributed by atoms with E-state index >= 15 is 0 Å². The van der Waals surface area contributed by atoms with E-state index in [0.29, 0.717) is 16.9 Å². The number of benzene rings is 2. The third-order valence-electron chi connectivity index (χ3n) is 4.09. The molecule has 0 unspecified atom stereocenters. The fraction of sp³-hybridized carbons (Fsp3) is 0.0476. The number of aromatic carboxylic acids is 1. The molecule has 0 aliphatic heterocycles. The first-order valence-electron chi connectivity index (χ1n) is 8.10. The summed E-state index contributed by atoms with van der Waals surface area (Å²) in [6.45, 7) is 0. The normalized spacial score (nSPS) is 11.9. The Morgan fingerprint density at radius 2 is 1.75 bits per heavy atom. The molecule has 3 aromatic rings. The van der Waals surface area contributed by atoms with E-state index in [0.717, 1.165) is 12.1 Å². The maximum Gasteiger partial charge on any atom is 0.416 e. The van der Waals surface area contributed by atoms with E-state index in [4.69, 9.17) is 5.11 Å². The van der Waals surface area contributed by atoms with Crippen LogP contribution >= 0.6 is 0 Å². The van der Waals surface area contributed by atoms with Crippen molar-refractivity contribution in [2.75, 3.05) is 0 Å². The molecular weight excluding hydrogens is 369 g/mol. The van der Waals surface area contributed by atoms with Crippen molar-refractivity contribution >= 4 is 17.6 Å². The molecule has 1 N–H and O–H groups in total. The van der Waals surface area contributed by atoms with Crippen molar-refractivity contribution in [1.29, 1.82) is 5.26 Å². The minimum Gasteiger partial charge on any atom is -0.478 e. The molecule has 0 spiro atoms. The lowest BCUT2D eigenvalue weighted by Gasteiger charge is -2.09. The number of rotatable bonds is 4. The Kier molecular flexibility index (Phi) is 5.05. The van der Waals surface area contributed by atoms with Crippen LogP contribution in [-0.2, 0) is 6.18 Å². The third kappa shape index (κ3) is 3.96. The van der Waals surface area contributed by atoms with Gasteiger partial charge in [0, 0.05) is 17.6 Å². The molecule has 0 bridgehead atoms. The van der Waals surface area contributed by atoms with Gasteiger partial charge in [0.2, 0.25) is 0 Å². The van der Waals surface area contributed by atoms with Crippen LogP contribution in [0.4, 0.5) is 13.2 Å². The van der Waals surface area contributed by atoms with E-state index in [1.54, 1.807) is 35.0 Å². The minimum atomic E-state index is -4.45. The predicted molar refractivity (Wildman–Crippen MR) is 97.7 cm³/mol. The van der Waals surface area contributed by atoms with E-state index in [-0.39, 0.29) is 11.1 Å². The maximum absolute atomic E-state index is 12.7. The van der Waals surface area contributed by atoms with Gasteiger partial charge in [0.15, 0.2) is 0 Å². The van der Waals surface area contributed by atoms with Crippen molar-refractivity contribution in [3.8, 4) is 11.8 Å². The summed E-state index contributed by atoms with van der Waals surface area (Å²) in [5, 5.41) is 18.6. The average Bonchev–Trinajstić information content (AvgIpc) is 3.14. The number of hydrogen-bond acceptors (Lipinski definition) is 2. The first-order chi connectivity index (χ1) is 13.3. The SMILES string of the molecule is N#C/C(=C/c1cccn1-c1cccc(C(=O)O)c1)c1ccc(C(F)(F)F)cc1. The highest BCUT2D eigenvalue weighted by Crippen LogP contribution is 2.30. The monoisotopic (exact) mass is 382 g/mol. The summed E-state index contributed by atoms with van der Waals surface area (Å²) in [4.78, 5) is 11.2. The smallest absolute Gasteiger partial charge is 0.416 e. The second kappa shape index (κ2) is 7.45. The lowest BCUT2D eigenvalue weighted by atomic mass is 10.0. The van der Waals surface area contributed by atoms with E-state index in [1.807, 2.05) is 6.07 Å². The Morgan fingerprint density at radius 3 is 2.36 bits per heavy atom. The number of alkyl halides is 3. The number of nitrogens with zero attached hydrogens (tertiary/aromatic N) is 2. The lowest BCUT2D eigenvalue weighted by molar-refractivity contribution is -0.137. The van der Waals surface area contributed by atoms with Gasteiger partial charge in [-0.2, -0.15) is 18.4 Å². The molecule has 0 fully saturated rings. The zero-order chi connectivity index (χ0) is 20.3. The van der Waals surface area contributed by atoms with Crippen LogP contribution in [0.3, 0.4) is 0 Å². The van der Waals surface area contributed by atoms with Crippen molar-refractivity contribution in [3.05, 3.63) is 89.2 Å². The highest BCUT2D eigenvalue weighted by molar-refractivity contribution is 5.90. The number of nitriles is 1. The van der Waals surface area contributed by atoms with Crippen molar-refractivity contribution in [2.24, 2.45) is 0 Å². The standard InChI is InChI=1S/C21H13F3N2O2/c22-21(23,24)17-8-6-14(7-9-17)16(13-25)12-19-5-2-10-26(19)18-4-1-3-15(11-18)20(27)28/h1-12H,(H,27,28)/b16-12-. The molecule has 0 atom stereocenters. The van der Waals surface area contributed by atoms with Crippen LogP contribution in [0.25, 0.3) is 17.3 Å². The third-order valence-corrected chi connectivity index (χ3v) is 4.09. The van der Waals surface area contributed by atoms with Gasteiger partial charge in [-0.15, -0.1) is 0 Å². The minimum absolute atomic E-state index is 0.115. The fourth-order valence-corrected chi connectivity index (χ4v) is 2.70. The summed E-state index contributed by atoms with van der Waals surface area (Å²) in [5.74, 6) is -1.06. The zero-order valence-electron chi connectivity index (χ0n) is 14.3. The van der Waals surface area contributed by atoms with Gasteiger partial charge in [-0.1, -0.05) is 18.2 Å². The second-order valence-corrected chi connectivity index (χ2v) is 5.90. The van der Waals surface area contributed by atoms with Gasteiger partial charge >= 0.3 is 12.1 Å². The molecule has 140 valence electrons. The molecule has 3 rings (SSSR count). The van der Waals surface area contributed by atoms with Crippen LogP contribution in [0.5, 0.6) is 0 Å². The number of hydrogen-bond donors (Lipinski definition) is 1. The van der Waals surface area contributed by atoms with Crippen molar-refractivity contribution in [1.82, 2.24) is 4.57 Å². The highest BCUT2D eigenvalue weighted by atomic mass is 19.4. The first-order valence-corrected chi connectivity index (χ1v) is 8.10. The molecule has 1 aromatic heterocycles. The summed E-state index contributed by atoms with van der Waals surface area (Å²) < 4.78 is 39.8. The van der Waals surface area contributed by atoms with E-state index in [2.05, 4.69) is 0 Å². The lowest BCUT2D eigenvalue weighted by Crippen LogP contribution is -2.04. The van der Waals surface area contributed by atoms with Gasteiger partial charge in [0.25, 0.3) is 0 Å². The van der Waals surface area contributed by atoms with Crippen molar-refractivity contribution < 1.29 is 23.1 Å². The zero-order valence-corrected chi connectivity index (χ0v) is 14.3. The highest BCUT2D eigenvalue weighted by Gasteiger charge is 2.30. The Hall–Kier alpha value is -3.79. The first kappa shape index (κ1) is 19.0. The molecule has 0 saturated heterocycles. The Balaban J connectivity index is 2.00. The van der Waals surface area contributed by atoms with Crippen LogP contribution in [0.15, 0.2) is 66.9 Å². The molecule has 4 nitrogen and oxygen atoms in total. The molecule has 0 aliphatic rings. The van der Waals surface area contributed by atoms with Crippen LogP contribution in [0.1, 0.15) is 27.2 Å². The molecule has 2 aromatic carbocycles. The van der Waals surface area contributed by atoms with Gasteiger partial charge in [-0.3, -0.25) is 0 Å². The van der Waals surface area contributed by atoms with Crippen LogP contribution in [0, 0.1) is 11.3 Å². The molecular formula is C21H13F3N2O2. The van der Waals surface area contributed by atoms with Crippen molar-refractivity contribution in [3.63, 3.8) is 0 Å². The summed E-state index contributed by atoms with van der Waals surface area (Å²) in [6.07, 6.45) is -1.20. The van der Waals surface area contributed by atoms with Gasteiger partial charge in [-0.05, 0) is 54.1 Å². The summed E-state index contributed by atoms with van der Waals surface area (Å²) in [7, 11) is 0. The molecule has 0 amide bonds. The van der Waals surface area contributed by atoms with E-state index < -0.39 is 17.7 Å². The predicted octanol–water partition coefficient (Wildman–Crippen LogP) is 5.26. The summed E-state index contributed by atoms with van der Waals surface area (Å²) in [5.41, 5.74) is 1.03. The Bertz CT molecular complexity index is 1090. The average molecular weight is 382 g/mol. The largest absolute Gasteiger partial charge is 0.478 e. The van der Waals surface area contributed by atoms with E-state index in [9.17, 15) is 23.2 Å². The van der Waals surface area contributed by atoms with Crippen LogP contribution in [-0.4, -0.2) is 15.6 Å². The number of carboxylic acids is 1. The molecule has 0 aliphatic carbocycles. The number of aromatic nitrogens is 1. The number of allylic oxidation sites excluding steroid dienone is 1. The number of carbonyl (C=O) groups is 1. The number of halogens is 3. The van der Waals surface area contributed by atoms with Gasteiger partial charge in [0.05, 0.1) is 22.8 Å². The van der Waals surface area contributed by atoms with Gasteiger partial charge in [0.1, 0.15) is 0 Å². The molecule has 7 heteroatoms. The Morgan fingerprint density at radius 1 is 1.04 bits per heavy atom. The number of carboxylic acid groups (broad SMARTS) is 1.